The van der Waals surface area contributed by atoms with Gasteiger partial charge in [-0.25, -0.2) is 13.8 Å². The van der Waals surface area contributed by atoms with Gasteiger partial charge in [-0.1, -0.05) is 12.6 Å². The summed E-state index contributed by atoms with van der Waals surface area (Å²) in [4.78, 5) is 31.8. The van der Waals surface area contributed by atoms with E-state index in [1.165, 1.54) is 29.4 Å². The predicted molar refractivity (Wildman–Crippen MR) is 161 cm³/mol. The minimum absolute atomic E-state index is 0.0286. The third kappa shape index (κ3) is 5.23. The van der Waals surface area contributed by atoms with Crippen LogP contribution in [-0.4, -0.2) is 64.9 Å². The molecule has 4 heterocycles. The third-order valence-corrected chi connectivity index (χ3v) is 8.35. The molecule has 1 aliphatic heterocycles. The predicted octanol–water partition coefficient (Wildman–Crippen LogP) is 5.40. The lowest BCUT2D eigenvalue weighted by Crippen LogP contribution is -2.54. The summed E-state index contributed by atoms with van der Waals surface area (Å²) >= 11 is 1.34. The van der Waals surface area contributed by atoms with E-state index in [0.29, 0.717) is 10.4 Å². The van der Waals surface area contributed by atoms with E-state index in [4.69, 9.17) is 14.5 Å². The second-order valence-electron chi connectivity index (χ2n) is 10.1. The number of methoxy groups -OCH3 is 1. The van der Waals surface area contributed by atoms with Crippen molar-refractivity contribution in [1.29, 1.82) is 0 Å². The summed E-state index contributed by atoms with van der Waals surface area (Å²) < 4.78 is 43.4. The van der Waals surface area contributed by atoms with E-state index in [2.05, 4.69) is 17.0 Å². The summed E-state index contributed by atoms with van der Waals surface area (Å²) in [6, 6.07) is 9.56. The third-order valence-electron chi connectivity index (χ3n) is 7.42. The van der Waals surface area contributed by atoms with Gasteiger partial charge in [-0.15, -0.1) is 11.3 Å². The van der Waals surface area contributed by atoms with Gasteiger partial charge in [-0.2, -0.15) is 5.10 Å². The van der Waals surface area contributed by atoms with Gasteiger partial charge in [0, 0.05) is 66.0 Å². The molecule has 0 unspecified atom stereocenters. The topological polar surface area (TPSA) is 98.6 Å². The fourth-order valence-electron chi connectivity index (χ4n) is 5.19. The number of halogens is 2. The molecule has 3 aromatic heterocycles. The molecule has 0 bridgehead atoms. The molecule has 1 saturated heterocycles. The number of aromatic nitrogens is 3. The van der Waals surface area contributed by atoms with Gasteiger partial charge in [0.2, 0.25) is 11.8 Å². The van der Waals surface area contributed by atoms with Crippen LogP contribution in [0.3, 0.4) is 0 Å². The summed E-state index contributed by atoms with van der Waals surface area (Å²) in [7, 11) is 3.35. The van der Waals surface area contributed by atoms with Crippen LogP contribution in [0.2, 0.25) is 0 Å². The Morgan fingerprint density at radius 3 is 2.74 bits per heavy atom. The number of hydrogen-bond acceptors (Lipinski definition) is 7. The molecule has 1 aliphatic rings. The van der Waals surface area contributed by atoms with Crippen LogP contribution in [-0.2, 0) is 21.4 Å². The van der Waals surface area contributed by atoms with E-state index in [0.717, 1.165) is 34.0 Å². The number of pyridine rings is 1. The van der Waals surface area contributed by atoms with Gasteiger partial charge >= 0.3 is 0 Å². The molecule has 0 radical (unpaired) electrons. The van der Waals surface area contributed by atoms with Crippen LogP contribution in [0.25, 0.3) is 43.4 Å². The van der Waals surface area contributed by atoms with Crippen molar-refractivity contribution in [2.45, 2.75) is 0 Å². The molecule has 0 aliphatic carbocycles. The Kier molecular flexibility index (Phi) is 7.63. The summed E-state index contributed by atoms with van der Waals surface area (Å²) in [5, 5.41) is 10.7. The lowest BCUT2D eigenvalue weighted by Gasteiger charge is -2.37. The monoisotopic (exact) mass is 603 g/mol. The normalized spacial score (nSPS) is 13.3. The molecule has 1 fully saturated rings. The molecule has 6 rings (SSSR count). The zero-order chi connectivity index (χ0) is 30.2. The Labute approximate surface area is 249 Å². The highest BCUT2D eigenvalue weighted by molar-refractivity contribution is 7.18. The Hall–Kier alpha value is -4.68. The van der Waals surface area contributed by atoms with E-state index in [9.17, 15) is 14.0 Å². The first-order valence-corrected chi connectivity index (χ1v) is 14.3. The number of benzene rings is 2. The highest BCUT2D eigenvalue weighted by atomic mass is 32.1. The zero-order valence-electron chi connectivity index (χ0n) is 23.4. The van der Waals surface area contributed by atoms with E-state index in [-0.39, 0.29) is 60.8 Å². The van der Waals surface area contributed by atoms with Crippen molar-refractivity contribution in [3.05, 3.63) is 72.3 Å². The highest BCUT2D eigenvalue weighted by Gasteiger charge is 2.36. The van der Waals surface area contributed by atoms with Gasteiger partial charge in [0.25, 0.3) is 0 Å². The minimum atomic E-state index is -0.865. The van der Waals surface area contributed by atoms with Gasteiger partial charge in [0.05, 0.1) is 35.5 Å². The molecule has 2 aromatic carbocycles. The smallest absolute Gasteiger partial charge is 0.246 e. The average molecular weight is 604 g/mol. The molecular weight excluding hydrogens is 576 g/mol. The van der Waals surface area contributed by atoms with Gasteiger partial charge in [0.15, 0.2) is 0 Å². The molecule has 220 valence electrons. The SMILES string of the molecule is C=CC(=O)N1CC(C(=O)Nc2nc(-c3ccc4c(cnn4C)c3)c3ccsc3c2-c2c(F)cc(F)cc2OCCOC)C1. The second kappa shape index (κ2) is 11.5. The largest absolute Gasteiger partial charge is 0.490 e. The maximum atomic E-state index is 15.7. The lowest BCUT2D eigenvalue weighted by atomic mass is 9.97. The van der Waals surface area contributed by atoms with E-state index >= 15 is 4.39 Å². The molecule has 0 spiro atoms. The molecule has 1 N–H and O–H groups in total. The first kappa shape index (κ1) is 28.4. The molecular formula is C31H27F2N5O4S. The Bertz CT molecular complexity index is 1900. The molecule has 9 nitrogen and oxygen atoms in total. The van der Waals surface area contributed by atoms with Crippen LogP contribution in [0.4, 0.5) is 14.6 Å². The Morgan fingerprint density at radius 2 is 1.98 bits per heavy atom. The van der Waals surface area contributed by atoms with Gasteiger partial charge in [-0.05, 0) is 29.7 Å². The fourth-order valence-corrected chi connectivity index (χ4v) is 6.14. The number of rotatable bonds is 9. The van der Waals surface area contributed by atoms with Crippen molar-refractivity contribution in [3.8, 4) is 28.1 Å². The van der Waals surface area contributed by atoms with Crippen molar-refractivity contribution in [2.24, 2.45) is 13.0 Å². The fraction of sp³-hybridized carbons (Fsp3) is 0.226. The lowest BCUT2D eigenvalue weighted by molar-refractivity contribution is -0.137. The summed E-state index contributed by atoms with van der Waals surface area (Å²) in [6.45, 7) is 4.17. The van der Waals surface area contributed by atoms with Crippen molar-refractivity contribution >= 4 is 50.0 Å². The number of carbonyl (C=O) groups excluding carboxylic acids is 2. The van der Waals surface area contributed by atoms with Gasteiger partial charge in [0.1, 0.15) is 29.8 Å². The van der Waals surface area contributed by atoms with E-state index < -0.39 is 17.6 Å². The van der Waals surface area contributed by atoms with Crippen molar-refractivity contribution in [3.63, 3.8) is 0 Å². The number of likely N-dealkylation sites (tertiary alicyclic amines) is 1. The standard InChI is InChI=1S/C31H27F2N5O4S/c1-4-25(39)38-15-19(16-38)31(40)36-30-27(26-22(33)12-20(32)13-24(26)42-9-8-41-3)29-21(7-10-43-29)28(35-30)17-5-6-23-18(11-17)14-34-37(23)2/h4-7,10-14,19H,1,8-9,15-16H2,2-3H3,(H,35,36,40). The number of nitrogens with one attached hydrogen (secondary N) is 1. The Balaban J connectivity index is 1.52. The maximum Gasteiger partial charge on any atom is 0.246 e. The van der Waals surface area contributed by atoms with Crippen LogP contribution in [0.15, 0.2) is 60.6 Å². The van der Waals surface area contributed by atoms with Crippen molar-refractivity contribution in [1.82, 2.24) is 19.7 Å². The summed E-state index contributed by atoms with van der Waals surface area (Å²) in [6.07, 6.45) is 2.96. The molecule has 0 saturated carbocycles. The molecule has 0 atom stereocenters. The zero-order valence-corrected chi connectivity index (χ0v) is 24.2. The molecule has 12 heteroatoms. The van der Waals surface area contributed by atoms with E-state index in [1.54, 1.807) is 10.9 Å². The summed E-state index contributed by atoms with van der Waals surface area (Å²) in [5.41, 5.74) is 2.52. The van der Waals surface area contributed by atoms with Crippen LogP contribution < -0.4 is 10.1 Å². The number of amides is 2. The van der Waals surface area contributed by atoms with E-state index in [1.807, 2.05) is 36.7 Å². The van der Waals surface area contributed by atoms with Crippen LogP contribution >= 0.6 is 11.3 Å². The highest BCUT2D eigenvalue weighted by Crippen LogP contribution is 2.46. The van der Waals surface area contributed by atoms with Crippen LogP contribution in [0.1, 0.15) is 0 Å². The Morgan fingerprint density at radius 1 is 1.16 bits per heavy atom. The number of fused-ring (bicyclic) bond motifs is 2. The second-order valence-corrected chi connectivity index (χ2v) is 11.0. The number of carbonyl (C=O) groups is 2. The molecule has 2 amide bonds. The maximum absolute atomic E-state index is 15.7. The van der Waals surface area contributed by atoms with Gasteiger partial charge < -0.3 is 19.7 Å². The number of anilines is 1. The number of nitrogens with zero attached hydrogens (tertiary/aromatic N) is 4. The average Bonchev–Trinajstić information content (AvgIpc) is 3.59. The quantitative estimate of drug-likeness (QED) is 0.179. The van der Waals surface area contributed by atoms with Crippen LogP contribution in [0, 0.1) is 17.6 Å². The molecule has 43 heavy (non-hydrogen) atoms. The van der Waals surface area contributed by atoms with Crippen molar-refractivity contribution < 1.29 is 27.8 Å². The van der Waals surface area contributed by atoms with Gasteiger partial charge in [-0.3, -0.25) is 14.3 Å². The number of thiophene rings is 1. The number of hydrogen-bond donors (Lipinski definition) is 1. The number of aryl methyl sites for hydroxylation is 1. The number of ether oxygens (including phenoxy) is 2. The first-order valence-electron chi connectivity index (χ1n) is 13.5. The van der Waals surface area contributed by atoms with Crippen LogP contribution in [0.5, 0.6) is 5.75 Å². The van der Waals surface area contributed by atoms with Crippen molar-refractivity contribution in [2.75, 3.05) is 38.7 Å². The first-order chi connectivity index (χ1) is 20.8. The molecule has 5 aromatic rings. The summed E-state index contributed by atoms with van der Waals surface area (Å²) in [5.74, 6) is -2.76. The minimum Gasteiger partial charge on any atom is -0.490 e.